The number of nitrogens with zero attached hydrogens (tertiary/aromatic N) is 1. The molecule has 0 saturated carbocycles. The normalized spacial score (nSPS) is 10.5. The summed E-state index contributed by atoms with van der Waals surface area (Å²) >= 11 is 1.59. The van der Waals surface area contributed by atoms with Crippen molar-refractivity contribution >= 4 is 29.3 Å². The summed E-state index contributed by atoms with van der Waals surface area (Å²) in [7, 11) is 0. The Hall–Kier alpha value is -2.27. The number of para-hydroxylation sites is 1. The zero-order valence-electron chi connectivity index (χ0n) is 16.3. The number of carbonyl (C=O) groups excluding carboxylic acids is 2. The minimum absolute atomic E-state index is 0.00960. The number of anilines is 1. The fourth-order valence-corrected chi connectivity index (χ4v) is 3.75. The molecule has 0 unspecified atom stereocenters. The van der Waals surface area contributed by atoms with Crippen molar-refractivity contribution in [3.8, 4) is 0 Å². The standard InChI is InChI=1S/C22H28N2O2S/c1-4-13-24(14-21(25)23-20-12-8-6-10-18(20)3)22(26)16-27-15-19-11-7-5-9-17(19)2/h5-12H,4,13-16H2,1-3H3,(H,23,25). The average Bonchev–Trinajstić information content (AvgIpc) is 2.65. The molecule has 5 heteroatoms. The second kappa shape index (κ2) is 10.8. The van der Waals surface area contributed by atoms with Crippen molar-refractivity contribution in [1.29, 1.82) is 0 Å². The lowest BCUT2D eigenvalue weighted by atomic mass is 10.1. The third kappa shape index (κ3) is 6.75. The van der Waals surface area contributed by atoms with Crippen LogP contribution in [0.1, 0.15) is 30.0 Å². The monoisotopic (exact) mass is 384 g/mol. The summed E-state index contributed by atoms with van der Waals surface area (Å²) in [5.41, 5.74) is 4.28. The number of amides is 2. The predicted octanol–water partition coefficient (Wildman–Crippen LogP) is 4.41. The number of hydrogen-bond acceptors (Lipinski definition) is 3. The number of aryl methyl sites for hydroxylation is 2. The zero-order chi connectivity index (χ0) is 19.6. The smallest absolute Gasteiger partial charge is 0.244 e. The molecular weight excluding hydrogens is 356 g/mol. The van der Waals surface area contributed by atoms with Gasteiger partial charge < -0.3 is 10.2 Å². The van der Waals surface area contributed by atoms with Gasteiger partial charge in [0.1, 0.15) is 0 Å². The quantitative estimate of drug-likeness (QED) is 0.696. The molecule has 0 bridgehead atoms. The van der Waals surface area contributed by atoms with E-state index in [-0.39, 0.29) is 18.4 Å². The molecule has 0 aliphatic rings. The van der Waals surface area contributed by atoms with E-state index < -0.39 is 0 Å². The van der Waals surface area contributed by atoms with Crippen LogP contribution in [0.3, 0.4) is 0 Å². The minimum Gasteiger partial charge on any atom is -0.333 e. The molecule has 2 aromatic carbocycles. The molecule has 0 aromatic heterocycles. The summed E-state index contributed by atoms with van der Waals surface area (Å²) in [6.07, 6.45) is 0.825. The van der Waals surface area contributed by atoms with Crippen LogP contribution in [0.2, 0.25) is 0 Å². The third-order valence-corrected chi connectivity index (χ3v) is 5.31. The van der Waals surface area contributed by atoms with Crippen molar-refractivity contribution < 1.29 is 9.59 Å². The van der Waals surface area contributed by atoms with Gasteiger partial charge in [0.05, 0.1) is 12.3 Å². The maximum Gasteiger partial charge on any atom is 0.244 e. The SMILES string of the molecule is CCCN(CC(=O)Nc1ccccc1C)C(=O)CSCc1ccccc1C. The van der Waals surface area contributed by atoms with E-state index in [1.165, 1.54) is 11.1 Å². The highest BCUT2D eigenvalue weighted by molar-refractivity contribution is 7.99. The van der Waals surface area contributed by atoms with Gasteiger partial charge in [-0.15, -0.1) is 11.8 Å². The molecule has 2 rings (SSSR count). The van der Waals surface area contributed by atoms with Crippen molar-refractivity contribution in [2.75, 3.05) is 24.2 Å². The molecule has 2 amide bonds. The maximum atomic E-state index is 12.6. The van der Waals surface area contributed by atoms with Crippen molar-refractivity contribution in [3.05, 3.63) is 65.2 Å². The third-order valence-electron chi connectivity index (χ3n) is 4.34. The number of carbonyl (C=O) groups is 2. The van der Waals surface area contributed by atoms with E-state index in [1.54, 1.807) is 16.7 Å². The largest absolute Gasteiger partial charge is 0.333 e. The number of benzene rings is 2. The van der Waals surface area contributed by atoms with Crippen molar-refractivity contribution in [3.63, 3.8) is 0 Å². The van der Waals surface area contributed by atoms with Gasteiger partial charge in [0.15, 0.2) is 0 Å². The fourth-order valence-electron chi connectivity index (χ4n) is 2.75. The molecule has 0 aliphatic heterocycles. The molecule has 0 atom stereocenters. The molecule has 1 N–H and O–H groups in total. The van der Waals surface area contributed by atoms with E-state index in [0.717, 1.165) is 23.4 Å². The van der Waals surface area contributed by atoms with E-state index in [2.05, 4.69) is 24.4 Å². The Balaban J connectivity index is 1.87. The van der Waals surface area contributed by atoms with Gasteiger partial charge in [-0.05, 0) is 43.0 Å². The van der Waals surface area contributed by atoms with E-state index >= 15 is 0 Å². The summed E-state index contributed by atoms with van der Waals surface area (Å²) in [5, 5.41) is 2.90. The Morgan fingerprint density at radius 1 is 1.00 bits per heavy atom. The fraction of sp³-hybridized carbons (Fsp3) is 0.364. The van der Waals surface area contributed by atoms with Gasteiger partial charge in [0.2, 0.25) is 11.8 Å². The lowest BCUT2D eigenvalue weighted by molar-refractivity contribution is -0.132. The summed E-state index contributed by atoms with van der Waals surface area (Å²) in [5.74, 6) is 1.03. The molecule has 0 spiro atoms. The van der Waals surface area contributed by atoms with Crippen LogP contribution >= 0.6 is 11.8 Å². The van der Waals surface area contributed by atoms with Crippen LogP contribution in [-0.2, 0) is 15.3 Å². The predicted molar refractivity (Wildman–Crippen MR) is 114 cm³/mol. The maximum absolute atomic E-state index is 12.6. The molecule has 0 aliphatic carbocycles. The molecule has 0 saturated heterocycles. The van der Waals surface area contributed by atoms with Crippen LogP contribution in [0.15, 0.2) is 48.5 Å². The van der Waals surface area contributed by atoms with Crippen molar-refractivity contribution in [1.82, 2.24) is 4.90 Å². The lowest BCUT2D eigenvalue weighted by Crippen LogP contribution is -2.39. The van der Waals surface area contributed by atoms with Gasteiger partial charge in [-0.3, -0.25) is 9.59 Å². The van der Waals surface area contributed by atoms with Gasteiger partial charge in [0, 0.05) is 18.0 Å². The zero-order valence-corrected chi connectivity index (χ0v) is 17.1. The van der Waals surface area contributed by atoms with Gasteiger partial charge in [-0.25, -0.2) is 0 Å². The van der Waals surface area contributed by atoms with Crippen LogP contribution in [-0.4, -0.2) is 35.6 Å². The number of thioether (sulfide) groups is 1. The summed E-state index contributed by atoms with van der Waals surface area (Å²) in [6, 6.07) is 15.9. The van der Waals surface area contributed by atoms with Gasteiger partial charge in [-0.1, -0.05) is 49.4 Å². The first-order chi connectivity index (χ1) is 13.0. The van der Waals surface area contributed by atoms with E-state index in [1.807, 2.05) is 50.2 Å². The molecular formula is C22H28N2O2S. The van der Waals surface area contributed by atoms with Crippen molar-refractivity contribution in [2.24, 2.45) is 0 Å². The number of hydrogen-bond donors (Lipinski definition) is 1. The van der Waals surface area contributed by atoms with E-state index in [0.29, 0.717) is 12.3 Å². The summed E-state index contributed by atoms with van der Waals surface area (Å²) in [4.78, 5) is 26.6. The summed E-state index contributed by atoms with van der Waals surface area (Å²) in [6.45, 7) is 6.72. The number of rotatable bonds is 9. The van der Waals surface area contributed by atoms with Crippen LogP contribution < -0.4 is 5.32 Å². The Kier molecular flexibility index (Phi) is 8.40. The van der Waals surface area contributed by atoms with E-state index in [4.69, 9.17) is 0 Å². The Morgan fingerprint density at radius 2 is 1.67 bits per heavy atom. The molecule has 0 heterocycles. The van der Waals surface area contributed by atoms with Gasteiger partial charge in [0.25, 0.3) is 0 Å². The molecule has 0 fully saturated rings. The first-order valence-corrected chi connectivity index (χ1v) is 10.4. The van der Waals surface area contributed by atoms with Crippen LogP contribution in [0, 0.1) is 13.8 Å². The first-order valence-electron chi connectivity index (χ1n) is 9.26. The minimum atomic E-state index is -0.157. The highest BCUT2D eigenvalue weighted by Crippen LogP contribution is 2.17. The number of nitrogens with one attached hydrogen (secondary N) is 1. The Bertz CT molecular complexity index is 776. The van der Waals surface area contributed by atoms with Crippen LogP contribution in [0.25, 0.3) is 0 Å². The highest BCUT2D eigenvalue weighted by atomic mass is 32.2. The van der Waals surface area contributed by atoms with Gasteiger partial charge >= 0.3 is 0 Å². The Labute approximate surface area is 166 Å². The first kappa shape index (κ1) is 21.0. The molecule has 2 aromatic rings. The molecule has 4 nitrogen and oxygen atoms in total. The highest BCUT2D eigenvalue weighted by Gasteiger charge is 2.17. The average molecular weight is 385 g/mol. The van der Waals surface area contributed by atoms with Crippen molar-refractivity contribution in [2.45, 2.75) is 32.9 Å². The topological polar surface area (TPSA) is 49.4 Å². The van der Waals surface area contributed by atoms with E-state index in [9.17, 15) is 9.59 Å². The molecule has 144 valence electrons. The van der Waals surface area contributed by atoms with Gasteiger partial charge in [-0.2, -0.15) is 0 Å². The molecule has 0 radical (unpaired) electrons. The van der Waals surface area contributed by atoms with Crippen LogP contribution in [0.5, 0.6) is 0 Å². The van der Waals surface area contributed by atoms with Crippen LogP contribution in [0.4, 0.5) is 5.69 Å². The lowest BCUT2D eigenvalue weighted by Gasteiger charge is -2.22. The Morgan fingerprint density at radius 3 is 2.33 bits per heavy atom. The summed E-state index contributed by atoms with van der Waals surface area (Å²) < 4.78 is 0. The second-order valence-electron chi connectivity index (χ2n) is 6.60. The molecule has 27 heavy (non-hydrogen) atoms. The second-order valence-corrected chi connectivity index (χ2v) is 7.58.